The van der Waals surface area contributed by atoms with Gasteiger partial charge in [0.15, 0.2) is 0 Å². The highest BCUT2D eigenvalue weighted by Crippen LogP contribution is 2.23. The molecule has 0 amide bonds. The summed E-state index contributed by atoms with van der Waals surface area (Å²) in [5.41, 5.74) is 2.55. The van der Waals surface area contributed by atoms with E-state index in [4.69, 9.17) is 5.84 Å². The van der Waals surface area contributed by atoms with E-state index in [1.54, 1.807) is 17.4 Å². The molecule has 0 saturated heterocycles. The Kier molecular flexibility index (Phi) is 4.51. The van der Waals surface area contributed by atoms with Crippen molar-refractivity contribution >= 4 is 38.9 Å². The smallest absolute Gasteiger partial charge is 0.145 e. The average Bonchev–Trinajstić information content (AvgIpc) is 2.81. The Morgan fingerprint density at radius 3 is 2.78 bits per heavy atom. The highest BCUT2D eigenvalue weighted by molar-refractivity contribution is 9.10. The lowest BCUT2D eigenvalue weighted by Gasteiger charge is -2.08. The molecule has 0 aliphatic heterocycles. The minimum absolute atomic E-state index is 0.620. The van der Waals surface area contributed by atoms with Crippen molar-refractivity contribution in [3.05, 3.63) is 32.7 Å². The van der Waals surface area contributed by atoms with E-state index in [0.717, 1.165) is 29.1 Å². The molecule has 96 valence electrons. The summed E-state index contributed by atoms with van der Waals surface area (Å²) in [6.45, 7) is 2.73. The van der Waals surface area contributed by atoms with Crippen LogP contribution in [-0.2, 0) is 13.0 Å². The second-order valence-corrected chi connectivity index (χ2v) is 5.45. The number of nitrogens with two attached hydrogens (primary N) is 1. The van der Waals surface area contributed by atoms with Crippen molar-refractivity contribution in [2.75, 3.05) is 10.7 Å². The van der Waals surface area contributed by atoms with Gasteiger partial charge in [0, 0.05) is 21.8 Å². The summed E-state index contributed by atoms with van der Waals surface area (Å²) in [4.78, 5) is 9.87. The van der Waals surface area contributed by atoms with Crippen LogP contribution in [0.15, 0.2) is 22.0 Å². The quantitative estimate of drug-likeness (QED) is 0.581. The molecule has 0 aromatic carbocycles. The van der Waals surface area contributed by atoms with Crippen molar-refractivity contribution in [2.45, 2.75) is 19.9 Å². The van der Waals surface area contributed by atoms with E-state index in [1.165, 1.54) is 4.88 Å². The number of aryl methyl sites for hydroxylation is 1. The molecule has 2 heterocycles. The number of hydrogen-bond acceptors (Lipinski definition) is 6. The minimum Gasteiger partial charge on any atom is -0.365 e. The summed E-state index contributed by atoms with van der Waals surface area (Å²) in [7, 11) is 0. The van der Waals surface area contributed by atoms with E-state index >= 15 is 0 Å². The largest absolute Gasteiger partial charge is 0.365 e. The Hall–Kier alpha value is -1.18. The van der Waals surface area contributed by atoms with Gasteiger partial charge < -0.3 is 10.7 Å². The maximum Gasteiger partial charge on any atom is 0.145 e. The lowest BCUT2D eigenvalue weighted by molar-refractivity contribution is 0.932. The zero-order valence-corrected chi connectivity index (χ0v) is 12.3. The third-order valence-electron chi connectivity index (χ3n) is 2.36. The Morgan fingerprint density at radius 1 is 1.39 bits per heavy atom. The zero-order valence-electron chi connectivity index (χ0n) is 9.90. The number of rotatable bonds is 5. The van der Waals surface area contributed by atoms with E-state index < -0.39 is 0 Å². The number of anilines is 2. The fourth-order valence-corrected chi connectivity index (χ4v) is 2.87. The molecule has 5 nitrogen and oxygen atoms in total. The highest BCUT2D eigenvalue weighted by Gasteiger charge is 2.04. The van der Waals surface area contributed by atoms with Crippen molar-refractivity contribution in [2.24, 2.45) is 5.84 Å². The summed E-state index contributed by atoms with van der Waals surface area (Å²) >= 11 is 5.20. The first kappa shape index (κ1) is 13.3. The lowest BCUT2D eigenvalue weighted by atomic mass is 10.4. The van der Waals surface area contributed by atoms with Crippen LogP contribution in [0.25, 0.3) is 0 Å². The van der Waals surface area contributed by atoms with Crippen LogP contribution in [0.1, 0.15) is 17.6 Å². The second kappa shape index (κ2) is 6.12. The van der Waals surface area contributed by atoms with E-state index in [-0.39, 0.29) is 0 Å². The molecule has 0 bridgehead atoms. The Bertz CT molecular complexity index is 506. The monoisotopic (exact) mass is 327 g/mol. The maximum absolute atomic E-state index is 5.38. The molecule has 2 aromatic heterocycles. The van der Waals surface area contributed by atoms with Crippen molar-refractivity contribution < 1.29 is 0 Å². The van der Waals surface area contributed by atoms with Gasteiger partial charge in [-0.3, -0.25) is 0 Å². The molecule has 4 N–H and O–H groups in total. The van der Waals surface area contributed by atoms with Gasteiger partial charge in [-0.15, -0.1) is 11.3 Å². The van der Waals surface area contributed by atoms with Crippen molar-refractivity contribution in [3.8, 4) is 0 Å². The van der Waals surface area contributed by atoms with Crippen LogP contribution in [-0.4, -0.2) is 9.97 Å². The third-order valence-corrected chi connectivity index (χ3v) is 4.28. The summed E-state index contributed by atoms with van der Waals surface area (Å²) < 4.78 is 1.11. The normalized spacial score (nSPS) is 10.4. The van der Waals surface area contributed by atoms with Crippen molar-refractivity contribution in [1.29, 1.82) is 0 Å². The first-order valence-electron chi connectivity index (χ1n) is 5.53. The molecule has 2 rings (SSSR count). The maximum atomic E-state index is 5.38. The van der Waals surface area contributed by atoms with E-state index in [2.05, 4.69) is 36.6 Å². The fraction of sp³-hybridized carbons (Fsp3) is 0.273. The standard InChI is InChI=1S/C11H14BrN5S/c1-2-9-15-10(5-11(16-9)17-13)14-6-8-7(12)3-4-18-8/h3-5H,2,6,13H2,1H3,(H2,14,15,16,17). The summed E-state index contributed by atoms with van der Waals surface area (Å²) in [6, 6.07) is 3.83. The molecule has 0 saturated carbocycles. The minimum atomic E-state index is 0.620. The number of hydrazine groups is 1. The average molecular weight is 328 g/mol. The molecule has 0 atom stereocenters. The Labute approximate surface area is 118 Å². The number of aromatic nitrogens is 2. The van der Waals surface area contributed by atoms with Gasteiger partial charge in [-0.25, -0.2) is 15.8 Å². The third kappa shape index (κ3) is 3.18. The lowest BCUT2D eigenvalue weighted by Crippen LogP contribution is -2.12. The number of nitrogens with zero attached hydrogens (tertiary/aromatic N) is 2. The van der Waals surface area contributed by atoms with Crippen LogP contribution in [0.4, 0.5) is 11.6 Å². The topological polar surface area (TPSA) is 75.9 Å². The van der Waals surface area contributed by atoms with Gasteiger partial charge >= 0.3 is 0 Å². The number of hydrogen-bond donors (Lipinski definition) is 3. The molecule has 0 fully saturated rings. The van der Waals surface area contributed by atoms with Gasteiger partial charge in [0.1, 0.15) is 17.5 Å². The molecular weight excluding hydrogens is 314 g/mol. The number of halogens is 1. The summed E-state index contributed by atoms with van der Waals surface area (Å²) in [6.07, 6.45) is 0.771. The van der Waals surface area contributed by atoms with Gasteiger partial charge in [0.2, 0.25) is 0 Å². The summed E-state index contributed by atoms with van der Waals surface area (Å²) in [5.74, 6) is 7.54. The number of thiophene rings is 1. The van der Waals surface area contributed by atoms with Crippen LogP contribution in [0.3, 0.4) is 0 Å². The van der Waals surface area contributed by atoms with Gasteiger partial charge in [0.05, 0.1) is 6.54 Å². The SMILES string of the molecule is CCc1nc(NN)cc(NCc2sccc2Br)n1. The van der Waals surface area contributed by atoms with E-state index in [0.29, 0.717) is 5.82 Å². The number of nitrogen functional groups attached to an aromatic ring is 1. The zero-order chi connectivity index (χ0) is 13.0. The van der Waals surface area contributed by atoms with Gasteiger partial charge in [0.25, 0.3) is 0 Å². The predicted molar refractivity (Wildman–Crippen MR) is 78.6 cm³/mol. The van der Waals surface area contributed by atoms with Gasteiger partial charge in [-0.1, -0.05) is 6.92 Å². The fourth-order valence-electron chi connectivity index (χ4n) is 1.44. The first-order valence-corrected chi connectivity index (χ1v) is 7.20. The molecule has 18 heavy (non-hydrogen) atoms. The Morgan fingerprint density at radius 2 is 2.17 bits per heavy atom. The van der Waals surface area contributed by atoms with E-state index in [1.807, 2.05) is 18.4 Å². The highest BCUT2D eigenvalue weighted by atomic mass is 79.9. The van der Waals surface area contributed by atoms with Crippen LogP contribution in [0.5, 0.6) is 0 Å². The van der Waals surface area contributed by atoms with Crippen LogP contribution in [0.2, 0.25) is 0 Å². The second-order valence-electron chi connectivity index (χ2n) is 3.60. The van der Waals surface area contributed by atoms with E-state index in [9.17, 15) is 0 Å². The van der Waals surface area contributed by atoms with Crippen molar-refractivity contribution in [3.63, 3.8) is 0 Å². The predicted octanol–water partition coefficient (Wildman–Crippen LogP) is 2.76. The molecular formula is C11H14BrN5S. The van der Waals surface area contributed by atoms with Crippen molar-refractivity contribution in [1.82, 2.24) is 9.97 Å². The molecule has 0 aliphatic rings. The number of nitrogens with one attached hydrogen (secondary N) is 2. The van der Waals surface area contributed by atoms with Gasteiger partial charge in [-0.2, -0.15) is 0 Å². The summed E-state index contributed by atoms with van der Waals surface area (Å²) in [5, 5.41) is 5.32. The van der Waals surface area contributed by atoms with Crippen LogP contribution in [0, 0.1) is 0 Å². The van der Waals surface area contributed by atoms with Crippen LogP contribution >= 0.6 is 27.3 Å². The molecule has 0 unspecified atom stereocenters. The molecule has 0 radical (unpaired) electrons. The Balaban J connectivity index is 2.11. The van der Waals surface area contributed by atoms with Crippen LogP contribution < -0.4 is 16.6 Å². The van der Waals surface area contributed by atoms with Gasteiger partial charge in [-0.05, 0) is 27.4 Å². The molecule has 7 heteroatoms. The molecule has 0 aliphatic carbocycles. The molecule has 0 spiro atoms. The first-order chi connectivity index (χ1) is 8.72. The molecule has 2 aromatic rings.